The number of nitrogens with one attached hydrogen (secondary N) is 1. The molecule has 0 atom stereocenters. The van der Waals surface area contributed by atoms with Crippen molar-refractivity contribution < 1.29 is 9.18 Å². The van der Waals surface area contributed by atoms with E-state index in [1.807, 2.05) is 6.07 Å². The molecule has 5 rings (SSSR count). The van der Waals surface area contributed by atoms with Crippen molar-refractivity contribution in [3.8, 4) is 11.1 Å². The van der Waals surface area contributed by atoms with Crippen molar-refractivity contribution in [2.75, 3.05) is 11.1 Å². The Labute approximate surface area is 206 Å². The third-order valence-corrected chi connectivity index (χ3v) is 5.78. The molecule has 0 unspecified atom stereocenters. The van der Waals surface area contributed by atoms with Crippen LogP contribution in [-0.2, 0) is 6.54 Å². The Morgan fingerprint density at radius 3 is 2.57 bits per heavy atom. The Kier molecular flexibility index (Phi) is 5.83. The van der Waals surface area contributed by atoms with Gasteiger partial charge in [-0.25, -0.2) is 9.37 Å². The van der Waals surface area contributed by atoms with Gasteiger partial charge in [0.25, 0.3) is 11.5 Å². The van der Waals surface area contributed by atoms with Crippen LogP contribution in [0.15, 0.2) is 82.6 Å². The second kappa shape index (κ2) is 9.11. The number of hydrogen-bond acceptors (Lipinski definition) is 6. The van der Waals surface area contributed by atoms with Crippen molar-refractivity contribution in [3.63, 3.8) is 0 Å². The highest BCUT2D eigenvalue weighted by molar-refractivity contribution is 9.10. The largest absolute Gasteiger partial charge is 0.383 e. The standard InChI is InChI=1S/C24H17BrFN7O2/c25-16-9-19(21(27)28-10-16)15-3-7-18(8-4-15)31-22(34)20-12-32(11-14-1-5-17(26)6-2-14)24-29-13-30-33(24)23(20)35/h1-10,12-13H,11H2,(H2,27,28)(H,31,34). The van der Waals surface area contributed by atoms with Crippen molar-refractivity contribution in [1.29, 1.82) is 0 Å². The molecule has 35 heavy (non-hydrogen) atoms. The second-order valence-corrected chi connectivity index (χ2v) is 8.61. The van der Waals surface area contributed by atoms with E-state index in [1.165, 1.54) is 24.7 Å². The summed E-state index contributed by atoms with van der Waals surface area (Å²) in [6.07, 6.45) is 4.27. The van der Waals surface area contributed by atoms with Gasteiger partial charge < -0.3 is 15.6 Å². The van der Waals surface area contributed by atoms with Crippen LogP contribution in [0, 0.1) is 5.82 Å². The van der Waals surface area contributed by atoms with Gasteiger partial charge in [-0.15, -0.1) is 0 Å². The molecule has 0 radical (unpaired) electrons. The molecule has 0 saturated heterocycles. The maximum atomic E-state index is 13.3. The minimum Gasteiger partial charge on any atom is -0.383 e. The molecule has 1 amide bonds. The number of pyridine rings is 1. The number of hydrogen-bond donors (Lipinski definition) is 2. The molecule has 0 spiro atoms. The topological polar surface area (TPSA) is 120 Å². The minimum absolute atomic E-state index is 0.116. The summed E-state index contributed by atoms with van der Waals surface area (Å²) >= 11 is 3.38. The molecule has 0 aliphatic carbocycles. The fourth-order valence-electron chi connectivity index (χ4n) is 3.63. The molecule has 0 aliphatic rings. The third kappa shape index (κ3) is 4.53. The van der Waals surface area contributed by atoms with Crippen LogP contribution in [0.4, 0.5) is 15.9 Å². The van der Waals surface area contributed by atoms with E-state index in [-0.39, 0.29) is 23.7 Å². The van der Waals surface area contributed by atoms with Gasteiger partial charge in [-0.2, -0.15) is 14.6 Å². The first-order chi connectivity index (χ1) is 16.9. The van der Waals surface area contributed by atoms with Gasteiger partial charge in [0.2, 0.25) is 5.78 Å². The molecule has 3 aromatic heterocycles. The highest BCUT2D eigenvalue weighted by Crippen LogP contribution is 2.28. The highest BCUT2D eigenvalue weighted by atomic mass is 79.9. The van der Waals surface area contributed by atoms with E-state index in [0.717, 1.165) is 25.7 Å². The van der Waals surface area contributed by atoms with Crippen LogP contribution < -0.4 is 16.6 Å². The predicted molar refractivity (Wildman–Crippen MR) is 132 cm³/mol. The molecular weight excluding hydrogens is 517 g/mol. The monoisotopic (exact) mass is 533 g/mol. The van der Waals surface area contributed by atoms with E-state index < -0.39 is 11.5 Å². The highest BCUT2D eigenvalue weighted by Gasteiger charge is 2.18. The number of benzene rings is 2. The van der Waals surface area contributed by atoms with Crippen LogP contribution in [0.25, 0.3) is 16.9 Å². The number of anilines is 2. The molecule has 174 valence electrons. The van der Waals surface area contributed by atoms with Crippen LogP contribution in [0.5, 0.6) is 0 Å². The number of amides is 1. The fraction of sp³-hybridized carbons (Fsp3) is 0.0417. The summed E-state index contributed by atoms with van der Waals surface area (Å²) in [6.45, 7) is 0.264. The van der Waals surface area contributed by atoms with Crippen LogP contribution in [0.2, 0.25) is 0 Å². The molecule has 0 saturated carbocycles. The lowest BCUT2D eigenvalue weighted by Crippen LogP contribution is -2.29. The number of carbonyl (C=O) groups excluding carboxylic acids is 1. The van der Waals surface area contributed by atoms with E-state index >= 15 is 0 Å². The number of nitrogen functional groups attached to an aromatic ring is 1. The van der Waals surface area contributed by atoms with Crippen molar-refractivity contribution in [1.82, 2.24) is 24.1 Å². The van der Waals surface area contributed by atoms with Gasteiger partial charge in [0, 0.05) is 28.1 Å². The van der Waals surface area contributed by atoms with Gasteiger partial charge in [0.05, 0.1) is 6.54 Å². The van der Waals surface area contributed by atoms with Crippen molar-refractivity contribution in [3.05, 3.63) is 105 Å². The summed E-state index contributed by atoms with van der Waals surface area (Å²) < 4.78 is 16.7. The number of nitrogens with zero attached hydrogens (tertiary/aromatic N) is 5. The molecule has 0 aliphatic heterocycles. The van der Waals surface area contributed by atoms with Crippen LogP contribution in [-0.4, -0.2) is 30.1 Å². The number of aromatic nitrogens is 5. The molecular formula is C24H17BrFN7O2. The normalized spacial score (nSPS) is 11.0. The van der Waals surface area contributed by atoms with Gasteiger partial charge >= 0.3 is 0 Å². The molecule has 9 nitrogen and oxygen atoms in total. The SMILES string of the molecule is Nc1ncc(Br)cc1-c1ccc(NC(=O)c2cn(Cc3ccc(F)cc3)c3ncnn3c2=O)cc1. The smallest absolute Gasteiger partial charge is 0.288 e. The lowest BCUT2D eigenvalue weighted by Gasteiger charge is -2.11. The number of carbonyl (C=O) groups is 1. The van der Waals surface area contributed by atoms with Gasteiger partial charge in [-0.05, 0) is 57.4 Å². The molecule has 3 N–H and O–H groups in total. The van der Waals surface area contributed by atoms with E-state index in [2.05, 4.69) is 36.3 Å². The summed E-state index contributed by atoms with van der Waals surface area (Å²) in [4.78, 5) is 34.2. The van der Waals surface area contributed by atoms with Crippen molar-refractivity contribution >= 4 is 39.1 Å². The maximum absolute atomic E-state index is 13.3. The molecule has 3 heterocycles. The maximum Gasteiger partial charge on any atom is 0.288 e. The van der Waals surface area contributed by atoms with E-state index in [4.69, 9.17) is 5.73 Å². The Morgan fingerprint density at radius 1 is 1.09 bits per heavy atom. The summed E-state index contributed by atoms with van der Waals surface area (Å²) in [5, 5.41) is 6.70. The molecule has 0 fully saturated rings. The Hall–Kier alpha value is -4.38. The number of nitrogens with two attached hydrogens (primary N) is 1. The average Bonchev–Trinajstić information content (AvgIpc) is 3.35. The van der Waals surface area contributed by atoms with Crippen molar-refractivity contribution in [2.45, 2.75) is 6.54 Å². The van der Waals surface area contributed by atoms with Gasteiger partial charge in [0.1, 0.15) is 23.5 Å². The number of fused-ring (bicyclic) bond motifs is 1. The first-order valence-corrected chi connectivity index (χ1v) is 11.2. The summed E-state index contributed by atoms with van der Waals surface area (Å²) in [6, 6.07) is 14.8. The second-order valence-electron chi connectivity index (χ2n) is 7.69. The van der Waals surface area contributed by atoms with E-state index in [0.29, 0.717) is 11.5 Å². The first kappa shape index (κ1) is 22.4. The Bertz CT molecular complexity index is 1610. The molecule has 0 bridgehead atoms. The van der Waals surface area contributed by atoms with Crippen LogP contribution >= 0.6 is 15.9 Å². The Balaban J connectivity index is 1.43. The predicted octanol–water partition coefficient (Wildman–Crippen LogP) is 3.74. The zero-order valence-corrected chi connectivity index (χ0v) is 19.6. The Morgan fingerprint density at radius 2 is 1.83 bits per heavy atom. The fourth-order valence-corrected chi connectivity index (χ4v) is 3.96. The van der Waals surface area contributed by atoms with Gasteiger partial charge in [-0.3, -0.25) is 9.59 Å². The quantitative estimate of drug-likeness (QED) is 0.355. The average molecular weight is 534 g/mol. The first-order valence-electron chi connectivity index (χ1n) is 10.4. The number of rotatable bonds is 5. The molecule has 2 aromatic carbocycles. The van der Waals surface area contributed by atoms with Crippen LogP contribution in [0.3, 0.4) is 0 Å². The summed E-state index contributed by atoms with van der Waals surface area (Å²) in [7, 11) is 0. The zero-order valence-electron chi connectivity index (χ0n) is 18.0. The zero-order chi connectivity index (χ0) is 24.5. The minimum atomic E-state index is -0.602. The summed E-state index contributed by atoms with van der Waals surface area (Å²) in [5.41, 5.74) is 8.08. The van der Waals surface area contributed by atoms with Crippen LogP contribution in [0.1, 0.15) is 15.9 Å². The molecule has 5 aromatic rings. The van der Waals surface area contributed by atoms with E-state index in [9.17, 15) is 14.0 Å². The van der Waals surface area contributed by atoms with Gasteiger partial charge in [0.15, 0.2) is 0 Å². The lowest BCUT2D eigenvalue weighted by molar-refractivity contribution is 0.102. The van der Waals surface area contributed by atoms with Crippen molar-refractivity contribution in [2.24, 2.45) is 0 Å². The van der Waals surface area contributed by atoms with E-state index in [1.54, 1.807) is 47.2 Å². The number of halogens is 2. The lowest BCUT2D eigenvalue weighted by atomic mass is 10.1. The molecule has 11 heteroatoms. The summed E-state index contributed by atoms with van der Waals surface area (Å²) in [5.74, 6) is -0.309. The third-order valence-electron chi connectivity index (χ3n) is 5.34. The van der Waals surface area contributed by atoms with Gasteiger partial charge in [-0.1, -0.05) is 24.3 Å².